The molecule has 2 saturated heterocycles. The Labute approximate surface area is 134 Å². The molecule has 0 aromatic carbocycles. The maximum Gasteiger partial charge on any atom is 0.306 e. The minimum absolute atomic E-state index is 0.119. The minimum atomic E-state index is -0.838. The number of fused-ring (bicyclic) bond motifs is 1. The molecule has 5 atom stereocenters. The second-order valence-corrected chi connectivity index (χ2v) is 5.93. The first-order chi connectivity index (χ1) is 10.8. The molecular formula is C15H22O8. The highest BCUT2D eigenvalue weighted by atomic mass is 16.7. The van der Waals surface area contributed by atoms with Crippen LogP contribution in [-0.2, 0) is 38.1 Å². The maximum atomic E-state index is 11.7. The molecule has 2 heterocycles. The molecule has 0 aliphatic carbocycles. The van der Waals surface area contributed by atoms with Crippen LogP contribution in [0, 0.1) is 5.92 Å². The molecule has 2 rings (SSSR count). The molecule has 0 unspecified atom stereocenters. The molecule has 130 valence electrons. The fourth-order valence-corrected chi connectivity index (χ4v) is 2.79. The van der Waals surface area contributed by atoms with Gasteiger partial charge in [0.05, 0.1) is 18.4 Å². The largest absolute Gasteiger partial charge is 0.463 e. The lowest BCUT2D eigenvalue weighted by atomic mass is 9.90. The Balaban J connectivity index is 2.20. The van der Waals surface area contributed by atoms with Crippen LogP contribution in [0.2, 0.25) is 0 Å². The predicted octanol–water partition coefficient (Wildman–Crippen LogP) is 0.563. The van der Waals surface area contributed by atoms with Crippen molar-refractivity contribution < 1.29 is 38.1 Å². The minimum Gasteiger partial charge on any atom is -0.463 e. The van der Waals surface area contributed by atoms with Crippen molar-refractivity contribution in [1.82, 2.24) is 0 Å². The Bertz CT molecular complexity index is 474. The van der Waals surface area contributed by atoms with E-state index in [-0.39, 0.29) is 25.0 Å². The summed E-state index contributed by atoms with van der Waals surface area (Å²) in [6.45, 7) is 6.09. The van der Waals surface area contributed by atoms with Gasteiger partial charge >= 0.3 is 17.9 Å². The van der Waals surface area contributed by atoms with Gasteiger partial charge in [0.2, 0.25) is 0 Å². The Kier molecular flexibility index (Phi) is 5.59. The first kappa shape index (κ1) is 17.7. The molecule has 8 nitrogen and oxygen atoms in total. The van der Waals surface area contributed by atoms with Crippen molar-refractivity contribution in [2.24, 2.45) is 5.92 Å². The van der Waals surface area contributed by atoms with Gasteiger partial charge in [-0.2, -0.15) is 0 Å². The molecule has 0 N–H and O–H groups in total. The summed E-state index contributed by atoms with van der Waals surface area (Å²) in [6.07, 6.45) is -2.98. The summed E-state index contributed by atoms with van der Waals surface area (Å²) in [6, 6.07) is 0. The average molecular weight is 330 g/mol. The average Bonchev–Trinajstić information content (AvgIpc) is 2.80. The van der Waals surface area contributed by atoms with Gasteiger partial charge in [-0.1, -0.05) is 0 Å². The van der Waals surface area contributed by atoms with Gasteiger partial charge in [0, 0.05) is 13.8 Å². The summed E-state index contributed by atoms with van der Waals surface area (Å²) in [7, 11) is 0. The summed E-state index contributed by atoms with van der Waals surface area (Å²) < 4.78 is 27.1. The van der Waals surface area contributed by atoms with Gasteiger partial charge in [-0.15, -0.1) is 0 Å². The normalized spacial score (nSPS) is 33.1. The van der Waals surface area contributed by atoms with E-state index in [1.807, 2.05) is 13.8 Å². The third-order valence-electron chi connectivity index (χ3n) is 3.60. The van der Waals surface area contributed by atoms with Gasteiger partial charge in [0.25, 0.3) is 0 Å². The molecule has 2 aliphatic heterocycles. The second-order valence-electron chi connectivity index (χ2n) is 5.93. The Morgan fingerprint density at radius 1 is 1.26 bits per heavy atom. The lowest BCUT2D eigenvalue weighted by Gasteiger charge is -2.41. The quantitative estimate of drug-likeness (QED) is 0.533. The number of esters is 3. The summed E-state index contributed by atoms with van der Waals surface area (Å²) in [5.41, 5.74) is 0. The SMILES string of the molecule is CC(=O)OC[C@H]1O[C@H](OC(C)C)[C@@H]2CC(=O)O[C@@H]2[C@@H]1OC(C)=O. The lowest BCUT2D eigenvalue weighted by molar-refractivity contribution is -0.287. The van der Waals surface area contributed by atoms with Crippen LogP contribution in [0.1, 0.15) is 34.1 Å². The molecule has 23 heavy (non-hydrogen) atoms. The van der Waals surface area contributed by atoms with E-state index in [1.54, 1.807) is 0 Å². The van der Waals surface area contributed by atoms with Crippen LogP contribution < -0.4 is 0 Å². The predicted molar refractivity (Wildman–Crippen MR) is 75.1 cm³/mol. The molecule has 0 saturated carbocycles. The van der Waals surface area contributed by atoms with Gasteiger partial charge in [-0.25, -0.2) is 0 Å². The van der Waals surface area contributed by atoms with Crippen LogP contribution in [0.4, 0.5) is 0 Å². The van der Waals surface area contributed by atoms with Crippen molar-refractivity contribution in [3.8, 4) is 0 Å². The zero-order chi connectivity index (χ0) is 17.1. The van der Waals surface area contributed by atoms with Gasteiger partial charge in [-0.05, 0) is 13.8 Å². The summed E-state index contributed by atoms with van der Waals surface area (Å²) in [4.78, 5) is 34.1. The fourth-order valence-electron chi connectivity index (χ4n) is 2.79. The van der Waals surface area contributed by atoms with E-state index >= 15 is 0 Å². The lowest BCUT2D eigenvalue weighted by Crippen LogP contribution is -2.57. The van der Waals surface area contributed by atoms with Crippen molar-refractivity contribution >= 4 is 17.9 Å². The van der Waals surface area contributed by atoms with Crippen molar-refractivity contribution in [3.63, 3.8) is 0 Å². The van der Waals surface area contributed by atoms with Crippen molar-refractivity contribution in [2.45, 2.75) is 64.8 Å². The third kappa shape index (κ3) is 4.42. The summed E-state index contributed by atoms with van der Waals surface area (Å²) in [5.74, 6) is -1.78. The Morgan fingerprint density at radius 2 is 1.96 bits per heavy atom. The number of carbonyl (C=O) groups excluding carboxylic acids is 3. The van der Waals surface area contributed by atoms with E-state index < -0.39 is 42.5 Å². The summed E-state index contributed by atoms with van der Waals surface area (Å²) in [5, 5.41) is 0. The zero-order valence-electron chi connectivity index (χ0n) is 13.6. The highest BCUT2D eigenvalue weighted by Crippen LogP contribution is 2.38. The van der Waals surface area contributed by atoms with E-state index in [0.29, 0.717) is 0 Å². The van der Waals surface area contributed by atoms with Crippen molar-refractivity contribution in [3.05, 3.63) is 0 Å². The number of ether oxygens (including phenoxy) is 5. The van der Waals surface area contributed by atoms with Crippen molar-refractivity contribution in [1.29, 1.82) is 0 Å². The monoisotopic (exact) mass is 330 g/mol. The highest BCUT2D eigenvalue weighted by molar-refractivity contribution is 5.72. The maximum absolute atomic E-state index is 11.7. The molecule has 2 aliphatic rings. The molecule has 0 bridgehead atoms. The second kappa shape index (κ2) is 7.27. The molecule has 0 aromatic heterocycles. The van der Waals surface area contributed by atoms with Crippen LogP contribution in [-0.4, -0.2) is 55.2 Å². The van der Waals surface area contributed by atoms with Crippen LogP contribution in [0.15, 0.2) is 0 Å². The number of hydrogen-bond donors (Lipinski definition) is 0. The van der Waals surface area contributed by atoms with Gasteiger partial charge in [0.1, 0.15) is 18.8 Å². The first-order valence-electron chi connectivity index (χ1n) is 7.59. The highest BCUT2D eigenvalue weighted by Gasteiger charge is 2.54. The van der Waals surface area contributed by atoms with E-state index in [2.05, 4.69) is 0 Å². The standard InChI is InChI=1S/C15H22O8/c1-7(2)20-15-10-5-12(18)23-13(10)14(21-9(4)17)11(22-15)6-19-8(3)16/h7,10-11,13-15H,5-6H2,1-4H3/t10-,11-,13+,14-,15+/m1/s1. The molecule has 0 radical (unpaired) electrons. The Hall–Kier alpha value is -1.67. The molecular weight excluding hydrogens is 308 g/mol. The van der Waals surface area contributed by atoms with Gasteiger partial charge < -0.3 is 23.7 Å². The molecule has 2 fully saturated rings. The third-order valence-corrected chi connectivity index (χ3v) is 3.60. The van der Waals surface area contributed by atoms with Gasteiger partial charge in [0.15, 0.2) is 12.4 Å². The fraction of sp³-hybridized carbons (Fsp3) is 0.800. The topological polar surface area (TPSA) is 97.4 Å². The summed E-state index contributed by atoms with van der Waals surface area (Å²) >= 11 is 0. The number of hydrogen-bond acceptors (Lipinski definition) is 8. The first-order valence-corrected chi connectivity index (χ1v) is 7.59. The van der Waals surface area contributed by atoms with Crippen LogP contribution in [0.5, 0.6) is 0 Å². The Morgan fingerprint density at radius 3 is 2.52 bits per heavy atom. The molecule has 0 amide bonds. The molecule has 0 aromatic rings. The van der Waals surface area contributed by atoms with Crippen LogP contribution in [0.25, 0.3) is 0 Å². The number of carbonyl (C=O) groups is 3. The zero-order valence-corrected chi connectivity index (χ0v) is 13.6. The molecule has 0 spiro atoms. The molecule has 8 heteroatoms. The van der Waals surface area contributed by atoms with Crippen LogP contribution >= 0.6 is 0 Å². The van der Waals surface area contributed by atoms with E-state index in [4.69, 9.17) is 23.7 Å². The number of rotatable bonds is 5. The van der Waals surface area contributed by atoms with Gasteiger partial charge in [-0.3, -0.25) is 14.4 Å². The van der Waals surface area contributed by atoms with Crippen molar-refractivity contribution in [2.75, 3.05) is 6.61 Å². The van der Waals surface area contributed by atoms with Crippen LogP contribution in [0.3, 0.4) is 0 Å². The van der Waals surface area contributed by atoms with E-state index in [9.17, 15) is 14.4 Å². The van der Waals surface area contributed by atoms with E-state index in [1.165, 1.54) is 13.8 Å². The van der Waals surface area contributed by atoms with E-state index in [0.717, 1.165) is 0 Å². The smallest absolute Gasteiger partial charge is 0.306 e.